The number of carbonyl (C=O) groups is 1. The van der Waals surface area contributed by atoms with Crippen LogP contribution in [0.3, 0.4) is 0 Å². The normalized spacial score (nSPS) is 14.6. The Balaban J connectivity index is 4.35. The minimum absolute atomic E-state index is 0.0478. The highest BCUT2D eigenvalue weighted by Gasteiger charge is 2.27. The van der Waals surface area contributed by atoms with Gasteiger partial charge in [-0.25, -0.2) is 4.57 Å². The average molecular weight is 972 g/mol. The highest BCUT2D eigenvalue weighted by molar-refractivity contribution is 7.47. The molecule has 3 atom stereocenters. The molecule has 68 heavy (non-hydrogen) atoms. The quantitative estimate of drug-likeness (QED) is 0.0243. The smallest absolute Gasteiger partial charge is 0.387 e. The molecular formula is C59H108N2O6P+. The summed E-state index contributed by atoms with van der Waals surface area (Å²) in [6.07, 6.45) is 69.7. The number of quaternary nitrogens is 1. The fourth-order valence-corrected chi connectivity index (χ4v) is 8.45. The molecule has 0 heterocycles. The van der Waals surface area contributed by atoms with E-state index in [0.717, 1.165) is 83.5 Å². The number of aliphatic hydroxyl groups excluding tert-OH is 1. The zero-order valence-electron chi connectivity index (χ0n) is 44.8. The maximum absolute atomic E-state index is 13.0. The van der Waals surface area contributed by atoms with E-state index in [1.807, 2.05) is 27.2 Å². The lowest BCUT2D eigenvalue weighted by Crippen LogP contribution is -2.45. The number of carbonyl (C=O) groups excluding carboxylic acids is 1. The zero-order chi connectivity index (χ0) is 49.9. The monoisotopic (exact) mass is 972 g/mol. The molecule has 0 saturated carbocycles. The van der Waals surface area contributed by atoms with Gasteiger partial charge < -0.3 is 19.8 Å². The summed E-state index contributed by atoms with van der Waals surface area (Å²) in [5.41, 5.74) is 0. The summed E-state index contributed by atoms with van der Waals surface area (Å²) in [4.78, 5) is 23.3. The molecule has 0 bridgehead atoms. The molecule has 0 spiro atoms. The van der Waals surface area contributed by atoms with Gasteiger partial charge in [-0.1, -0.05) is 227 Å². The van der Waals surface area contributed by atoms with Crippen LogP contribution >= 0.6 is 7.82 Å². The van der Waals surface area contributed by atoms with Gasteiger partial charge >= 0.3 is 7.82 Å². The number of allylic oxidation sites excluding steroid dienone is 13. The molecule has 394 valence electrons. The number of likely N-dealkylation sites (N-methyl/N-ethyl adjacent to an activating group) is 1. The standard InChI is InChI=1S/C59H107N2O6P/c1-6-8-10-12-14-16-18-20-22-24-26-28-29-30-31-33-34-36-38-40-42-44-46-48-50-52-58(62)57(56-67-68(64,65)66-55-54-61(3,4)5)60-59(63)53-51-49-47-45-43-41-39-37-35-32-27-25-23-21-19-17-15-13-11-9-7-2/h9,11,15,17,21,23,27,32,34,36,42,44,50,52,57-58,62H,6-8,10,12-14,16,18-20,22,24-26,28-31,33,35,37-41,43,45-49,51,53-56H2,1-5H3,(H-,60,63,64,65)/p+1/b11-9-,17-15-,23-21-,32-27-,36-34+,44-42+,52-50+. The predicted molar refractivity (Wildman–Crippen MR) is 295 cm³/mol. The van der Waals surface area contributed by atoms with Gasteiger partial charge in [-0.2, -0.15) is 0 Å². The van der Waals surface area contributed by atoms with Gasteiger partial charge in [0.15, 0.2) is 0 Å². The van der Waals surface area contributed by atoms with Crippen LogP contribution in [-0.2, 0) is 18.4 Å². The van der Waals surface area contributed by atoms with E-state index >= 15 is 0 Å². The average Bonchev–Trinajstić information content (AvgIpc) is 3.30. The lowest BCUT2D eigenvalue weighted by atomic mass is 10.0. The van der Waals surface area contributed by atoms with Crippen LogP contribution < -0.4 is 5.32 Å². The van der Waals surface area contributed by atoms with Crippen molar-refractivity contribution in [3.63, 3.8) is 0 Å². The molecule has 0 aliphatic heterocycles. The number of hydrogen-bond donors (Lipinski definition) is 3. The third-order valence-corrected chi connectivity index (χ3v) is 13.1. The number of unbranched alkanes of at least 4 members (excludes halogenated alkanes) is 25. The SMILES string of the molecule is CC/C=C\C/C=C\C/C=C\C/C=C\CCCCCCCCCCC(=O)NC(COP(=O)(O)OCC[N+](C)(C)C)C(O)/C=C/CC/C=C/CC/C=C/CCCCCCCCCCCCCCCCC. The molecule has 9 heteroatoms. The molecular weight excluding hydrogens is 864 g/mol. The molecule has 0 rings (SSSR count). The first-order valence-corrected chi connectivity index (χ1v) is 29.5. The number of nitrogens with zero attached hydrogens (tertiary/aromatic N) is 1. The van der Waals surface area contributed by atoms with Gasteiger partial charge in [0.1, 0.15) is 13.2 Å². The van der Waals surface area contributed by atoms with Gasteiger partial charge in [0, 0.05) is 6.42 Å². The van der Waals surface area contributed by atoms with Gasteiger partial charge in [-0.05, 0) is 83.5 Å². The summed E-state index contributed by atoms with van der Waals surface area (Å²) in [5.74, 6) is -0.201. The Morgan fingerprint density at radius 2 is 0.897 bits per heavy atom. The molecule has 3 N–H and O–H groups in total. The van der Waals surface area contributed by atoms with Gasteiger partial charge in [0.2, 0.25) is 5.91 Å². The second kappa shape index (κ2) is 49.7. The number of amides is 1. The van der Waals surface area contributed by atoms with Crippen molar-refractivity contribution in [2.24, 2.45) is 0 Å². The van der Waals surface area contributed by atoms with Crippen molar-refractivity contribution >= 4 is 13.7 Å². The molecule has 0 saturated heterocycles. The molecule has 1 amide bonds. The molecule has 3 unspecified atom stereocenters. The summed E-state index contributed by atoms with van der Waals surface area (Å²) in [6.45, 7) is 4.67. The van der Waals surface area contributed by atoms with Crippen molar-refractivity contribution in [2.45, 2.75) is 244 Å². The molecule has 0 aromatic heterocycles. The Labute approximate surface area is 420 Å². The van der Waals surface area contributed by atoms with E-state index < -0.39 is 20.0 Å². The van der Waals surface area contributed by atoms with E-state index in [4.69, 9.17) is 9.05 Å². The Morgan fingerprint density at radius 1 is 0.515 bits per heavy atom. The second-order valence-electron chi connectivity index (χ2n) is 19.9. The maximum Gasteiger partial charge on any atom is 0.472 e. The number of aliphatic hydroxyl groups is 1. The Bertz CT molecular complexity index is 1380. The van der Waals surface area contributed by atoms with Crippen LogP contribution in [0, 0.1) is 0 Å². The highest BCUT2D eigenvalue weighted by atomic mass is 31.2. The third-order valence-electron chi connectivity index (χ3n) is 12.1. The van der Waals surface area contributed by atoms with E-state index in [1.165, 1.54) is 128 Å². The van der Waals surface area contributed by atoms with E-state index in [-0.39, 0.29) is 19.1 Å². The molecule has 0 aromatic carbocycles. The molecule has 0 aliphatic carbocycles. The van der Waals surface area contributed by atoms with Crippen LogP contribution in [0.25, 0.3) is 0 Å². The second-order valence-corrected chi connectivity index (χ2v) is 21.4. The van der Waals surface area contributed by atoms with Gasteiger partial charge in [0.25, 0.3) is 0 Å². The lowest BCUT2D eigenvalue weighted by molar-refractivity contribution is -0.870. The van der Waals surface area contributed by atoms with E-state index in [2.05, 4.69) is 92.1 Å². The van der Waals surface area contributed by atoms with Crippen molar-refractivity contribution in [3.05, 3.63) is 85.1 Å². The van der Waals surface area contributed by atoms with Gasteiger partial charge in [-0.3, -0.25) is 13.8 Å². The molecule has 8 nitrogen and oxygen atoms in total. The first-order valence-electron chi connectivity index (χ1n) is 28.0. The van der Waals surface area contributed by atoms with Crippen molar-refractivity contribution in [3.8, 4) is 0 Å². The topological polar surface area (TPSA) is 105 Å². The van der Waals surface area contributed by atoms with Crippen molar-refractivity contribution in [1.82, 2.24) is 5.32 Å². The van der Waals surface area contributed by atoms with Crippen LogP contribution in [0.4, 0.5) is 0 Å². The Morgan fingerprint density at radius 3 is 1.35 bits per heavy atom. The fraction of sp³-hybridized carbons (Fsp3) is 0.746. The maximum atomic E-state index is 13.0. The molecule has 0 aromatic rings. The molecule has 0 aliphatic rings. The van der Waals surface area contributed by atoms with Crippen molar-refractivity contribution in [1.29, 1.82) is 0 Å². The molecule has 0 fully saturated rings. The van der Waals surface area contributed by atoms with Gasteiger partial charge in [-0.15, -0.1) is 0 Å². The minimum Gasteiger partial charge on any atom is -0.387 e. The van der Waals surface area contributed by atoms with Gasteiger partial charge in [0.05, 0.1) is 39.9 Å². The third kappa shape index (κ3) is 51.5. The van der Waals surface area contributed by atoms with Crippen LogP contribution in [0.1, 0.15) is 232 Å². The van der Waals surface area contributed by atoms with Crippen LogP contribution in [0.2, 0.25) is 0 Å². The number of rotatable bonds is 50. The lowest BCUT2D eigenvalue weighted by Gasteiger charge is -2.25. The summed E-state index contributed by atoms with van der Waals surface area (Å²) < 4.78 is 23.7. The van der Waals surface area contributed by atoms with Crippen LogP contribution in [0.15, 0.2) is 85.1 Å². The molecule has 0 radical (unpaired) electrons. The van der Waals surface area contributed by atoms with E-state index in [1.54, 1.807) is 6.08 Å². The van der Waals surface area contributed by atoms with Crippen molar-refractivity contribution in [2.75, 3.05) is 40.9 Å². The first kappa shape index (κ1) is 65.7. The van der Waals surface area contributed by atoms with Crippen LogP contribution in [-0.4, -0.2) is 73.4 Å². The zero-order valence-corrected chi connectivity index (χ0v) is 45.7. The summed E-state index contributed by atoms with van der Waals surface area (Å²) in [7, 11) is 1.53. The fourth-order valence-electron chi connectivity index (χ4n) is 7.71. The number of phosphoric ester groups is 1. The van der Waals surface area contributed by atoms with E-state index in [0.29, 0.717) is 17.4 Å². The Kier molecular flexibility index (Phi) is 48.0. The minimum atomic E-state index is -4.37. The van der Waals surface area contributed by atoms with E-state index in [9.17, 15) is 19.4 Å². The predicted octanol–water partition coefficient (Wildman–Crippen LogP) is 16.9. The number of hydrogen-bond acceptors (Lipinski definition) is 5. The first-order chi connectivity index (χ1) is 33.0. The highest BCUT2D eigenvalue weighted by Crippen LogP contribution is 2.43. The number of nitrogens with one attached hydrogen (secondary N) is 1. The summed E-state index contributed by atoms with van der Waals surface area (Å²) in [5, 5.41) is 13.9. The Hall–Kier alpha value is -2.32. The summed E-state index contributed by atoms with van der Waals surface area (Å²) >= 11 is 0. The van der Waals surface area contributed by atoms with Crippen molar-refractivity contribution < 1.29 is 32.9 Å². The summed E-state index contributed by atoms with van der Waals surface area (Å²) in [6, 6.07) is -0.880. The van der Waals surface area contributed by atoms with Crippen LogP contribution in [0.5, 0.6) is 0 Å². The number of phosphoric acid groups is 1. The largest absolute Gasteiger partial charge is 0.472 e.